The first-order chi connectivity index (χ1) is 10.2. The van der Waals surface area contributed by atoms with Gasteiger partial charge in [-0.25, -0.2) is 0 Å². The zero-order chi connectivity index (χ0) is 14.8. The van der Waals surface area contributed by atoms with E-state index in [1.165, 1.54) is 6.07 Å². The van der Waals surface area contributed by atoms with E-state index in [0.29, 0.717) is 17.1 Å². The highest BCUT2D eigenvalue weighted by Crippen LogP contribution is 2.41. The summed E-state index contributed by atoms with van der Waals surface area (Å²) in [6.45, 7) is 2.95. The molecule has 3 rings (SSSR count). The number of piperazine rings is 1. The van der Waals surface area contributed by atoms with Crippen LogP contribution in [-0.2, 0) is 0 Å². The van der Waals surface area contributed by atoms with E-state index in [0.717, 1.165) is 26.2 Å². The molecule has 1 fully saturated rings. The third-order valence-electron chi connectivity index (χ3n) is 3.84. The highest BCUT2D eigenvalue weighted by atomic mass is 35.5. The summed E-state index contributed by atoms with van der Waals surface area (Å²) in [4.78, 5) is 12.9. The molecule has 122 valence electrons. The second-order valence-electron chi connectivity index (χ2n) is 5.01. The third kappa shape index (κ3) is 3.09. The van der Waals surface area contributed by atoms with Crippen molar-refractivity contribution in [2.75, 3.05) is 39.6 Å². The summed E-state index contributed by atoms with van der Waals surface area (Å²) in [7, 11) is 0. The first kappa shape index (κ1) is 16.8. The number of nitrogens with one attached hydrogen (secondary N) is 1. The van der Waals surface area contributed by atoms with E-state index in [1.807, 2.05) is 4.90 Å². The van der Waals surface area contributed by atoms with Gasteiger partial charge in [0.05, 0.1) is 29.2 Å². The summed E-state index contributed by atoms with van der Waals surface area (Å²) in [5, 5.41) is 24.3. The number of halogens is 1. The maximum atomic E-state index is 11.3. The zero-order valence-electron chi connectivity index (χ0n) is 11.9. The number of hydrogen-bond acceptors (Lipinski definition) is 7. The van der Waals surface area contributed by atoms with Crippen molar-refractivity contribution in [3.8, 4) is 11.5 Å². The monoisotopic (exact) mass is 331 g/mol. The van der Waals surface area contributed by atoms with Crippen molar-refractivity contribution in [3.05, 3.63) is 27.8 Å². The number of aliphatic hydroxyl groups is 1. The molecule has 0 bridgehead atoms. The predicted octanol–water partition coefficient (Wildman–Crippen LogP) is 0.684. The van der Waals surface area contributed by atoms with Gasteiger partial charge in [0.15, 0.2) is 11.5 Å². The minimum Gasteiger partial charge on any atom is -0.454 e. The lowest BCUT2D eigenvalue weighted by molar-refractivity contribution is -0.386. The van der Waals surface area contributed by atoms with Gasteiger partial charge in [0.2, 0.25) is 6.79 Å². The molecule has 0 radical (unpaired) electrons. The molecule has 2 aliphatic rings. The van der Waals surface area contributed by atoms with Gasteiger partial charge in [-0.3, -0.25) is 15.0 Å². The summed E-state index contributed by atoms with van der Waals surface area (Å²) in [5.41, 5.74) is 0.422. The predicted molar refractivity (Wildman–Crippen MR) is 80.7 cm³/mol. The van der Waals surface area contributed by atoms with Crippen LogP contribution in [0.15, 0.2) is 12.1 Å². The summed E-state index contributed by atoms with van der Waals surface area (Å²) in [5.74, 6) is 0.867. The van der Waals surface area contributed by atoms with Gasteiger partial charge < -0.3 is 19.9 Å². The fourth-order valence-corrected chi connectivity index (χ4v) is 2.78. The van der Waals surface area contributed by atoms with Crippen molar-refractivity contribution in [2.24, 2.45) is 0 Å². The summed E-state index contributed by atoms with van der Waals surface area (Å²) in [6, 6.07) is 2.58. The number of fused-ring (bicyclic) bond motifs is 1. The number of nitrogens with zero attached hydrogens (tertiary/aromatic N) is 2. The smallest absolute Gasteiger partial charge is 0.278 e. The fraction of sp³-hybridized carbons (Fsp3) is 0.538. The maximum Gasteiger partial charge on any atom is 0.278 e. The summed E-state index contributed by atoms with van der Waals surface area (Å²) < 4.78 is 10.5. The molecular weight excluding hydrogens is 314 g/mol. The van der Waals surface area contributed by atoms with E-state index < -0.39 is 11.0 Å². The number of benzene rings is 1. The zero-order valence-corrected chi connectivity index (χ0v) is 12.7. The standard InChI is InChI=1S/C13H17N3O5.ClH/c17-7-11(15-3-1-14-2-4-15)9-5-12-13(21-8-20-12)6-10(9)16(18)19;/h5-6,11,14,17H,1-4,7-8H2;1H/t11-;/m0./s1. The average Bonchev–Trinajstić information content (AvgIpc) is 2.95. The molecule has 0 aliphatic carbocycles. The number of hydrogen-bond donors (Lipinski definition) is 2. The van der Waals surface area contributed by atoms with Crippen molar-refractivity contribution >= 4 is 18.1 Å². The number of ether oxygens (including phenoxy) is 2. The molecule has 1 aromatic rings. The van der Waals surface area contributed by atoms with E-state index in [2.05, 4.69) is 5.32 Å². The first-order valence-corrected chi connectivity index (χ1v) is 6.84. The van der Waals surface area contributed by atoms with Crippen LogP contribution in [0.25, 0.3) is 0 Å². The molecule has 0 aromatic heterocycles. The molecule has 2 N–H and O–H groups in total. The largest absolute Gasteiger partial charge is 0.454 e. The van der Waals surface area contributed by atoms with E-state index in [9.17, 15) is 15.2 Å². The van der Waals surface area contributed by atoms with Crippen molar-refractivity contribution in [3.63, 3.8) is 0 Å². The molecule has 0 unspecified atom stereocenters. The minimum atomic E-state index is -0.442. The Bertz CT molecular complexity index is 551. The van der Waals surface area contributed by atoms with Crippen LogP contribution in [0, 0.1) is 10.1 Å². The Labute approximate surface area is 133 Å². The van der Waals surface area contributed by atoms with Crippen LogP contribution in [0.4, 0.5) is 5.69 Å². The fourth-order valence-electron chi connectivity index (χ4n) is 2.78. The molecule has 0 spiro atoms. The second-order valence-corrected chi connectivity index (χ2v) is 5.01. The molecule has 1 aromatic carbocycles. The third-order valence-corrected chi connectivity index (χ3v) is 3.84. The van der Waals surface area contributed by atoms with Crippen LogP contribution < -0.4 is 14.8 Å². The first-order valence-electron chi connectivity index (χ1n) is 6.84. The molecule has 0 amide bonds. The average molecular weight is 332 g/mol. The van der Waals surface area contributed by atoms with Crippen molar-refractivity contribution in [1.29, 1.82) is 0 Å². The molecule has 1 saturated heterocycles. The van der Waals surface area contributed by atoms with Crippen LogP contribution in [0.3, 0.4) is 0 Å². The van der Waals surface area contributed by atoms with Gasteiger partial charge in [-0.05, 0) is 6.07 Å². The van der Waals surface area contributed by atoms with Gasteiger partial charge in [0, 0.05) is 26.2 Å². The Hall–Kier alpha value is -1.61. The second kappa shape index (κ2) is 7.10. The van der Waals surface area contributed by atoms with Crippen LogP contribution in [0.2, 0.25) is 0 Å². The van der Waals surface area contributed by atoms with Crippen molar-refractivity contribution in [2.45, 2.75) is 6.04 Å². The molecular formula is C13H18ClN3O5. The lowest BCUT2D eigenvalue weighted by Crippen LogP contribution is -2.46. The Balaban J connectivity index is 0.00000176. The van der Waals surface area contributed by atoms with Crippen LogP contribution in [0.1, 0.15) is 11.6 Å². The van der Waals surface area contributed by atoms with Gasteiger partial charge >= 0.3 is 0 Å². The SMILES string of the molecule is Cl.O=[N+]([O-])c1cc2c(cc1[C@H](CO)N1CCNCC1)OCO2. The van der Waals surface area contributed by atoms with E-state index in [1.54, 1.807) is 6.07 Å². The summed E-state index contributed by atoms with van der Waals surface area (Å²) in [6.07, 6.45) is 0. The summed E-state index contributed by atoms with van der Waals surface area (Å²) >= 11 is 0. The topological polar surface area (TPSA) is 97.1 Å². The number of nitro benzene ring substituents is 1. The van der Waals surface area contributed by atoms with E-state index >= 15 is 0 Å². The molecule has 2 aliphatic heterocycles. The lowest BCUT2D eigenvalue weighted by atomic mass is 10.0. The normalized spacial score (nSPS) is 18.6. The number of nitro groups is 1. The van der Waals surface area contributed by atoms with Crippen LogP contribution in [-0.4, -0.2) is 54.5 Å². The van der Waals surface area contributed by atoms with Gasteiger partial charge in [-0.15, -0.1) is 12.4 Å². The highest BCUT2D eigenvalue weighted by molar-refractivity contribution is 5.85. The molecule has 0 saturated carbocycles. The molecule has 8 nitrogen and oxygen atoms in total. The number of rotatable bonds is 4. The Kier molecular flexibility index (Phi) is 5.41. The Morgan fingerprint density at radius 2 is 1.95 bits per heavy atom. The minimum absolute atomic E-state index is 0. The van der Waals surface area contributed by atoms with Crippen LogP contribution in [0.5, 0.6) is 11.5 Å². The van der Waals surface area contributed by atoms with E-state index in [-0.39, 0.29) is 31.5 Å². The molecule has 2 heterocycles. The quantitative estimate of drug-likeness (QED) is 0.618. The lowest BCUT2D eigenvalue weighted by Gasteiger charge is -2.33. The number of aliphatic hydroxyl groups excluding tert-OH is 1. The molecule has 22 heavy (non-hydrogen) atoms. The van der Waals surface area contributed by atoms with Gasteiger partial charge in [-0.2, -0.15) is 0 Å². The Morgan fingerprint density at radius 1 is 1.32 bits per heavy atom. The van der Waals surface area contributed by atoms with Gasteiger partial charge in [0.1, 0.15) is 0 Å². The Morgan fingerprint density at radius 3 is 2.55 bits per heavy atom. The van der Waals surface area contributed by atoms with Gasteiger partial charge in [0.25, 0.3) is 5.69 Å². The molecule has 1 atom stereocenters. The highest BCUT2D eigenvalue weighted by Gasteiger charge is 2.31. The van der Waals surface area contributed by atoms with Crippen molar-refractivity contribution < 1.29 is 19.5 Å². The maximum absolute atomic E-state index is 11.3. The van der Waals surface area contributed by atoms with Gasteiger partial charge in [-0.1, -0.05) is 0 Å². The van der Waals surface area contributed by atoms with Crippen LogP contribution >= 0.6 is 12.4 Å². The van der Waals surface area contributed by atoms with Crippen molar-refractivity contribution in [1.82, 2.24) is 10.2 Å². The van der Waals surface area contributed by atoms with E-state index in [4.69, 9.17) is 9.47 Å². The molecule has 9 heteroatoms.